The summed E-state index contributed by atoms with van der Waals surface area (Å²) in [7, 11) is 0. The van der Waals surface area contributed by atoms with E-state index in [1.807, 2.05) is 12.1 Å². The summed E-state index contributed by atoms with van der Waals surface area (Å²) in [5.41, 5.74) is 1.57. The van der Waals surface area contributed by atoms with Gasteiger partial charge in [-0.3, -0.25) is 0 Å². The van der Waals surface area contributed by atoms with Crippen molar-refractivity contribution in [1.82, 2.24) is 0 Å². The molecule has 16 heavy (non-hydrogen) atoms. The minimum Gasteiger partial charge on any atom is -0.369 e. The lowest BCUT2D eigenvalue weighted by molar-refractivity contribution is 0.567. The Morgan fingerprint density at radius 1 is 1.50 bits per heavy atom. The first kappa shape index (κ1) is 11.7. The van der Waals surface area contributed by atoms with Crippen molar-refractivity contribution >= 4 is 17.3 Å². The summed E-state index contributed by atoms with van der Waals surface area (Å²) in [5, 5.41) is 0. The number of alkyl halides is 1. The van der Waals surface area contributed by atoms with E-state index >= 15 is 0 Å². The van der Waals surface area contributed by atoms with Crippen LogP contribution in [-0.2, 0) is 5.88 Å². The number of hydrogen-bond donors (Lipinski definition) is 0. The lowest BCUT2D eigenvalue weighted by Crippen LogP contribution is -2.20. The molecule has 1 unspecified atom stereocenters. The van der Waals surface area contributed by atoms with E-state index < -0.39 is 0 Å². The molecule has 1 atom stereocenters. The molecule has 1 heterocycles. The number of hydrogen-bond acceptors (Lipinski definition) is 1. The van der Waals surface area contributed by atoms with Crippen LogP contribution in [0.5, 0.6) is 0 Å². The first-order valence-corrected chi connectivity index (χ1v) is 6.37. The second-order valence-electron chi connectivity index (χ2n) is 4.43. The van der Waals surface area contributed by atoms with Crippen molar-refractivity contribution in [3.8, 4) is 0 Å². The minimum atomic E-state index is -0.144. The zero-order valence-corrected chi connectivity index (χ0v) is 10.3. The molecular weight excluding hydrogens is 225 g/mol. The molecule has 0 aliphatic carbocycles. The number of rotatable bonds is 3. The van der Waals surface area contributed by atoms with Gasteiger partial charge in [0.1, 0.15) is 5.82 Å². The maximum Gasteiger partial charge on any atom is 0.146 e. The van der Waals surface area contributed by atoms with Crippen LogP contribution < -0.4 is 4.90 Å². The molecule has 0 radical (unpaired) electrons. The fourth-order valence-corrected chi connectivity index (χ4v) is 2.44. The van der Waals surface area contributed by atoms with E-state index in [4.69, 9.17) is 11.6 Å². The van der Waals surface area contributed by atoms with E-state index in [0.29, 0.717) is 11.8 Å². The standard InChI is InChI=1S/C13H17ClFN/c1-2-10-5-6-16(9-10)13-4-3-11(8-14)7-12(13)15/h3-4,7,10H,2,5-6,8-9H2,1H3. The van der Waals surface area contributed by atoms with Gasteiger partial charge in [-0.1, -0.05) is 19.4 Å². The van der Waals surface area contributed by atoms with Gasteiger partial charge in [0.2, 0.25) is 0 Å². The highest BCUT2D eigenvalue weighted by molar-refractivity contribution is 6.17. The summed E-state index contributed by atoms with van der Waals surface area (Å²) in [6.45, 7) is 4.14. The second kappa shape index (κ2) is 5.05. The van der Waals surface area contributed by atoms with Gasteiger partial charge in [0.15, 0.2) is 0 Å². The lowest BCUT2D eigenvalue weighted by atomic mass is 10.1. The van der Waals surface area contributed by atoms with Crippen LogP contribution in [0.2, 0.25) is 0 Å². The Hall–Kier alpha value is -0.760. The molecule has 1 nitrogen and oxygen atoms in total. The van der Waals surface area contributed by atoms with Crippen LogP contribution >= 0.6 is 11.6 Å². The molecule has 1 aliphatic rings. The van der Waals surface area contributed by atoms with Gasteiger partial charge < -0.3 is 4.90 Å². The molecular formula is C13H17ClFN. The van der Waals surface area contributed by atoms with Crippen LogP contribution in [0.15, 0.2) is 18.2 Å². The van der Waals surface area contributed by atoms with Crippen LogP contribution in [0.25, 0.3) is 0 Å². The van der Waals surface area contributed by atoms with Crippen molar-refractivity contribution in [3.05, 3.63) is 29.6 Å². The van der Waals surface area contributed by atoms with E-state index in [1.165, 1.54) is 12.8 Å². The van der Waals surface area contributed by atoms with E-state index in [2.05, 4.69) is 11.8 Å². The van der Waals surface area contributed by atoms with Crippen LogP contribution in [0, 0.1) is 11.7 Å². The Balaban J connectivity index is 2.15. The largest absolute Gasteiger partial charge is 0.369 e. The van der Waals surface area contributed by atoms with Crippen LogP contribution in [0.1, 0.15) is 25.3 Å². The van der Waals surface area contributed by atoms with Gasteiger partial charge in [-0.15, -0.1) is 11.6 Å². The van der Waals surface area contributed by atoms with Gasteiger partial charge in [0.05, 0.1) is 5.69 Å². The predicted octanol–water partition coefficient (Wildman–Crippen LogP) is 3.80. The van der Waals surface area contributed by atoms with Gasteiger partial charge >= 0.3 is 0 Å². The molecule has 0 amide bonds. The normalized spacial score (nSPS) is 20.4. The summed E-state index contributed by atoms with van der Waals surface area (Å²) in [6.07, 6.45) is 2.35. The van der Waals surface area contributed by atoms with Crippen LogP contribution in [0.3, 0.4) is 0 Å². The van der Waals surface area contributed by atoms with Gasteiger partial charge in [0.25, 0.3) is 0 Å². The van der Waals surface area contributed by atoms with Gasteiger partial charge in [-0.25, -0.2) is 4.39 Å². The molecule has 1 fully saturated rings. The highest BCUT2D eigenvalue weighted by Gasteiger charge is 2.23. The molecule has 0 N–H and O–H groups in total. The Morgan fingerprint density at radius 2 is 2.31 bits per heavy atom. The van der Waals surface area contributed by atoms with Crippen molar-refractivity contribution in [3.63, 3.8) is 0 Å². The number of nitrogens with zero attached hydrogens (tertiary/aromatic N) is 1. The van der Waals surface area contributed by atoms with E-state index in [-0.39, 0.29) is 5.82 Å². The van der Waals surface area contributed by atoms with E-state index in [9.17, 15) is 4.39 Å². The van der Waals surface area contributed by atoms with E-state index in [1.54, 1.807) is 6.07 Å². The molecule has 0 saturated carbocycles. The summed E-state index contributed by atoms with van der Waals surface area (Å²) in [6, 6.07) is 5.30. The van der Waals surface area contributed by atoms with Gasteiger partial charge in [0, 0.05) is 19.0 Å². The van der Waals surface area contributed by atoms with Crippen molar-refractivity contribution in [2.75, 3.05) is 18.0 Å². The number of benzene rings is 1. The Kier molecular flexibility index (Phi) is 3.70. The van der Waals surface area contributed by atoms with E-state index in [0.717, 1.165) is 24.3 Å². The fourth-order valence-electron chi connectivity index (χ4n) is 2.27. The summed E-state index contributed by atoms with van der Waals surface area (Å²) < 4.78 is 13.8. The SMILES string of the molecule is CCC1CCN(c2ccc(CCl)cc2F)C1. The lowest BCUT2D eigenvalue weighted by Gasteiger charge is -2.19. The zero-order chi connectivity index (χ0) is 11.5. The molecule has 0 spiro atoms. The Labute approximate surface area is 101 Å². The molecule has 1 aromatic carbocycles. The average molecular weight is 242 g/mol. The molecule has 3 heteroatoms. The quantitative estimate of drug-likeness (QED) is 0.728. The number of halogens is 2. The number of anilines is 1. The fraction of sp³-hybridized carbons (Fsp3) is 0.538. The molecule has 1 aliphatic heterocycles. The predicted molar refractivity (Wildman–Crippen MR) is 66.6 cm³/mol. The average Bonchev–Trinajstić information content (AvgIpc) is 2.77. The third kappa shape index (κ3) is 2.32. The molecule has 1 aromatic rings. The highest BCUT2D eigenvalue weighted by Crippen LogP contribution is 2.28. The smallest absolute Gasteiger partial charge is 0.146 e. The monoisotopic (exact) mass is 241 g/mol. The maximum absolute atomic E-state index is 13.8. The van der Waals surface area contributed by atoms with Gasteiger partial charge in [-0.05, 0) is 30.0 Å². The maximum atomic E-state index is 13.8. The molecule has 1 saturated heterocycles. The van der Waals surface area contributed by atoms with Crippen LogP contribution in [-0.4, -0.2) is 13.1 Å². The first-order chi connectivity index (χ1) is 7.74. The first-order valence-electron chi connectivity index (χ1n) is 5.84. The summed E-state index contributed by atoms with van der Waals surface area (Å²) >= 11 is 5.68. The Morgan fingerprint density at radius 3 is 2.88 bits per heavy atom. The topological polar surface area (TPSA) is 3.24 Å². The molecule has 0 aromatic heterocycles. The summed E-state index contributed by atoms with van der Waals surface area (Å²) in [4.78, 5) is 2.14. The highest BCUT2D eigenvalue weighted by atomic mass is 35.5. The van der Waals surface area contributed by atoms with Gasteiger partial charge in [-0.2, -0.15) is 0 Å². The van der Waals surface area contributed by atoms with Crippen LogP contribution in [0.4, 0.5) is 10.1 Å². The van der Waals surface area contributed by atoms with Crippen molar-refractivity contribution in [2.24, 2.45) is 5.92 Å². The van der Waals surface area contributed by atoms with Crippen molar-refractivity contribution < 1.29 is 4.39 Å². The summed E-state index contributed by atoms with van der Waals surface area (Å²) in [5.74, 6) is 0.941. The minimum absolute atomic E-state index is 0.144. The van der Waals surface area contributed by atoms with Crippen molar-refractivity contribution in [2.45, 2.75) is 25.6 Å². The third-order valence-electron chi connectivity index (χ3n) is 3.37. The van der Waals surface area contributed by atoms with Crippen molar-refractivity contribution in [1.29, 1.82) is 0 Å². The Bertz CT molecular complexity index is 367. The molecule has 2 rings (SSSR count). The third-order valence-corrected chi connectivity index (χ3v) is 3.68. The zero-order valence-electron chi connectivity index (χ0n) is 9.55. The molecule has 88 valence electrons. The molecule has 0 bridgehead atoms. The second-order valence-corrected chi connectivity index (χ2v) is 4.70.